The first kappa shape index (κ1) is 27.2. The van der Waals surface area contributed by atoms with Crippen LogP contribution in [0.5, 0.6) is 0 Å². The minimum atomic E-state index is -2.12. The van der Waals surface area contributed by atoms with Crippen molar-refractivity contribution in [2.45, 2.75) is 70.6 Å². The van der Waals surface area contributed by atoms with Gasteiger partial charge in [0.2, 0.25) is 0 Å². The van der Waals surface area contributed by atoms with E-state index < -0.39 is 8.32 Å². The summed E-state index contributed by atoms with van der Waals surface area (Å²) in [5, 5.41) is 7.26. The Balaban J connectivity index is 2.02. The maximum atomic E-state index is 7.04. The van der Waals surface area contributed by atoms with Crippen LogP contribution in [0.2, 0.25) is 18.1 Å². The molecule has 0 radical (unpaired) electrons. The van der Waals surface area contributed by atoms with Gasteiger partial charge in [0, 0.05) is 31.4 Å². The molecule has 1 aliphatic rings. The van der Waals surface area contributed by atoms with Crippen molar-refractivity contribution in [2.75, 3.05) is 20.3 Å². The van der Waals surface area contributed by atoms with Gasteiger partial charge >= 0.3 is 0 Å². The smallest absolute Gasteiger partial charge is 0.251 e. The number of allylic oxidation sites excluding steroid dienone is 1. The largest absolute Gasteiger partial charge is 0.543 e. The molecule has 190 valence electrons. The van der Waals surface area contributed by atoms with Gasteiger partial charge in [-0.25, -0.2) is 0 Å². The third-order valence-electron chi connectivity index (χ3n) is 8.01. The highest BCUT2D eigenvalue weighted by atomic mass is 28.4. The molecule has 35 heavy (non-hydrogen) atoms. The van der Waals surface area contributed by atoms with E-state index in [0.717, 1.165) is 30.7 Å². The summed E-state index contributed by atoms with van der Waals surface area (Å²) in [6.07, 6.45) is 6.62. The van der Waals surface area contributed by atoms with E-state index in [-0.39, 0.29) is 11.0 Å². The zero-order valence-electron chi connectivity index (χ0n) is 22.7. The number of hydrogen-bond donors (Lipinski definition) is 0. The van der Waals surface area contributed by atoms with E-state index in [1.54, 1.807) is 7.11 Å². The average Bonchev–Trinajstić information content (AvgIpc) is 3.29. The first-order valence-corrected chi connectivity index (χ1v) is 15.9. The van der Waals surface area contributed by atoms with Gasteiger partial charge in [-0.15, -0.1) is 0 Å². The van der Waals surface area contributed by atoms with E-state index in [2.05, 4.69) is 119 Å². The molecule has 1 heterocycles. The maximum absolute atomic E-state index is 7.04. The van der Waals surface area contributed by atoms with Gasteiger partial charge in [0.15, 0.2) is 0 Å². The van der Waals surface area contributed by atoms with Crippen LogP contribution in [-0.4, -0.2) is 45.8 Å². The number of methoxy groups -OCH3 is 1. The SMILES string of the molecule is COC[C@@H]1CCCN1/N=C/[C@H](/C=C(\O[Si](C)(C)C(C)(C)C(C)C)c1ccccc1)c1ccccc1. The molecule has 1 saturated heterocycles. The van der Waals surface area contributed by atoms with Gasteiger partial charge < -0.3 is 9.16 Å². The van der Waals surface area contributed by atoms with Crippen molar-refractivity contribution >= 4 is 20.3 Å². The van der Waals surface area contributed by atoms with Crippen LogP contribution in [0.25, 0.3) is 5.76 Å². The second-order valence-corrected chi connectivity index (χ2v) is 15.5. The molecule has 0 unspecified atom stereocenters. The summed E-state index contributed by atoms with van der Waals surface area (Å²) in [6, 6.07) is 21.5. The lowest BCUT2D eigenvalue weighted by Gasteiger charge is -2.43. The summed E-state index contributed by atoms with van der Waals surface area (Å²) in [6.45, 7) is 15.7. The molecule has 2 aromatic rings. The predicted octanol–water partition coefficient (Wildman–Crippen LogP) is 7.57. The molecule has 2 atom stereocenters. The third kappa shape index (κ3) is 6.86. The van der Waals surface area contributed by atoms with Crippen LogP contribution < -0.4 is 0 Å². The number of hydrogen-bond acceptors (Lipinski definition) is 4. The second-order valence-electron chi connectivity index (χ2n) is 11.0. The molecule has 0 saturated carbocycles. The van der Waals surface area contributed by atoms with Gasteiger partial charge in [-0.3, -0.25) is 5.01 Å². The molecule has 0 N–H and O–H groups in total. The number of hydrazone groups is 1. The fraction of sp³-hybridized carbons (Fsp3) is 0.500. The van der Waals surface area contributed by atoms with Crippen LogP contribution in [0.15, 0.2) is 71.8 Å². The second kappa shape index (κ2) is 12.0. The van der Waals surface area contributed by atoms with Crippen LogP contribution in [0, 0.1) is 5.92 Å². The van der Waals surface area contributed by atoms with Crippen molar-refractivity contribution in [1.82, 2.24) is 5.01 Å². The molecule has 1 fully saturated rings. The van der Waals surface area contributed by atoms with E-state index in [4.69, 9.17) is 14.3 Å². The Morgan fingerprint density at radius 1 is 1.09 bits per heavy atom. The van der Waals surface area contributed by atoms with Crippen molar-refractivity contribution in [1.29, 1.82) is 0 Å². The molecule has 1 aliphatic heterocycles. The average molecular weight is 493 g/mol. The molecule has 0 amide bonds. The summed E-state index contributed by atoms with van der Waals surface area (Å²) in [7, 11) is -0.350. The van der Waals surface area contributed by atoms with E-state index in [9.17, 15) is 0 Å². The highest BCUT2D eigenvalue weighted by molar-refractivity contribution is 6.75. The van der Waals surface area contributed by atoms with Gasteiger partial charge in [-0.1, -0.05) is 88.4 Å². The van der Waals surface area contributed by atoms with E-state index in [0.29, 0.717) is 18.6 Å². The monoisotopic (exact) mass is 492 g/mol. The van der Waals surface area contributed by atoms with Gasteiger partial charge in [-0.05, 0) is 48.5 Å². The Labute approximate surface area is 214 Å². The summed E-state index contributed by atoms with van der Waals surface area (Å²) >= 11 is 0. The molecule has 0 spiro atoms. The molecular weight excluding hydrogens is 448 g/mol. The van der Waals surface area contributed by atoms with Gasteiger partial charge in [0.1, 0.15) is 5.76 Å². The Bertz CT molecular complexity index is 970. The standard InChI is InChI=1S/C30H44N2O2Si/c1-24(2)30(3,4)35(6,7)34-29(26-17-12-9-13-18-26)21-27(25-15-10-8-11-16-25)22-31-32-20-14-19-28(32)23-33-5/h8-13,15-18,21-22,24,27-28H,14,19-20,23H2,1-7H3/b29-21-,31-22+/t27-,28-/m0/s1. The minimum Gasteiger partial charge on any atom is -0.543 e. The number of nitrogens with zero attached hydrogens (tertiary/aromatic N) is 2. The van der Waals surface area contributed by atoms with Crippen molar-refractivity contribution in [3.8, 4) is 0 Å². The first-order chi connectivity index (χ1) is 16.7. The van der Waals surface area contributed by atoms with Gasteiger partial charge in [0.25, 0.3) is 8.32 Å². The Kier molecular flexibility index (Phi) is 9.37. The summed E-state index contributed by atoms with van der Waals surface area (Å²) in [5.74, 6) is 1.48. The molecule has 0 aromatic heterocycles. The van der Waals surface area contributed by atoms with E-state index >= 15 is 0 Å². The molecule has 0 aliphatic carbocycles. The normalized spacial score (nSPS) is 18.5. The van der Waals surface area contributed by atoms with Crippen molar-refractivity contribution in [2.24, 2.45) is 11.0 Å². The molecule has 4 nitrogen and oxygen atoms in total. The Morgan fingerprint density at radius 2 is 1.71 bits per heavy atom. The summed E-state index contributed by atoms with van der Waals surface area (Å²) in [5.41, 5.74) is 2.32. The van der Waals surface area contributed by atoms with E-state index in [1.807, 2.05) is 0 Å². The van der Waals surface area contributed by atoms with Crippen molar-refractivity contribution in [3.05, 3.63) is 77.9 Å². The van der Waals surface area contributed by atoms with E-state index in [1.165, 1.54) is 5.56 Å². The summed E-state index contributed by atoms with van der Waals surface area (Å²) in [4.78, 5) is 0. The third-order valence-corrected chi connectivity index (χ3v) is 12.4. The van der Waals surface area contributed by atoms with Crippen LogP contribution in [0.3, 0.4) is 0 Å². The Hall–Kier alpha value is -2.37. The fourth-order valence-corrected chi connectivity index (χ4v) is 6.84. The highest BCUT2D eigenvalue weighted by Crippen LogP contribution is 2.46. The number of benzene rings is 2. The molecule has 0 bridgehead atoms. The van der Waals surface area contributed by atoms with Crippen LogP contribution in [-0.2, 0) is 9.16 Å². The Morgan fingerprint density at radius 3 is 2.31 bits per heavy atom. The lowest BCUT2D eigenvalue weighted by atomic mass is 9.98. The topological polar surface area (TPSA) is 34.1 Å². The van der Waals surface area contributed by atoms with Crippen LogP contribution in [0.1, 0.15) is 57.6 Å². The zero-order chi connectivity index (χ0) is 25.5. The quantitative estimate of drug-likeness (QED) is 0.184. The number of ether oxygens (including phenoxy) is 1. The van der Waals surface area contributed by atoms with Crippen molar-refractivity contribution < 1.29 is 9.16 Å². The van der Waals surface area contributed by atoms with Gasteiger partial charge in [-0.2, -0.15) is 5.10 Å². The molecule has 5 heteroatoms. The number of rotatable bonds is 11. The molecular formula is C30H44N2O2Si. The highest BCUT2D eigenvalue weighted by Gasteiger charge is 2.45. The lowest BCUT2D eigenvalue weighted by molar-refractivity contribution is 0.118. The van der Waals surface area contributed by atoms with Crippen LogP contribution in [0.4, 0.5) is 0 Å². The van der Waals surface area contributed by atoms with Gasteiger partial charge in [0.05, 0.1) is 12.6 Å². The maximum Gasteiger partial charge on any atom is 0.251 e. The van der Waals surface area contributed by atoms with Crippen LogP contribution >= 0.6 is 0 Å². The van der Waals surface area contributed by atoms with Crippen molar-refractivity contribution in [3.63, 3.8) is 0 Å². The fourth-order valence-electron chi connectivity index (χ4n) is 4.45. The predicted molar refractivity (Wildman–Crippen MR) is 151 cm³/mol. The lowest BCUT2D eigenvalue weighted by Crippen LogP contribution is -2.44. The summed E-state index contributed by atoms with van der Waals surface area (Å²) < 4.78 is 12.5. The zero-order valence-corrected chi connectivity index (χ0v) is 23.7. The minimum absolute atomic E-state index is 0.00200. The molecule has 3 rings (SSSR count). The first-order valence-electron chi connectivity index (χ1n) is 13.0. The molecule has 2 aromatic carbocycles.